The number of carbonyl (C=O) groups is 2. The third kappa shape index (κ3) is 7.29. The Morgan fingerprint density at radius 2 is 1.44 bits per heavy atom. The number of hydrogen-bond donors (Lipinski definition) is 2. The molecule has 34 heavy (non-hydrogen) atoms. The minimum Gasteiger partial charge on any atom is -0.481 e. The van der Waals surface area contributed by atoms with E-state index in [0.29, 0.717) is 19.5 Å². The lowest BCUT2D eigenvalue weighted by Crippen LogP contribution is -2.34. The van der Waals surface area contributed by atoms with Gasteiger partial charge in [-0.2, -0.15) is 0 Å². The smallest absolute Gasteiger partial charge is 0.308 e. The second-order valence-corrected chi connectivity index (χ2v) is 8.56. The molecule has 0 bridgehead atoms. The minimum absolute atomic E-state index is 0.0221. The van der Waals surface area contributed by atoms with Crippen LogP contribution in [0.2, 0.25) is 0 Å². The molecule has 0 aliphatic carbocycles. The fourth-order valence-electron chi connectivity index (χ4n) is 4.23. The number of carbonyl (C=O) groups excluding carboxylic acids is 1. The molecule has 2 N–H and O–H groups in total. The molecule has 3 aromatic carbocycles. The molecule has 1 atom stereocenters. The number of rotatable bonds is 8. The van der Waals surface area contributed by atoms with E-state index >= 15 is 0 Å². The van der Waals surface area contributed by atoms with Gasteiger partial charge in [0.2, 0.25) is 5.91 Å². The van der Waals surface area contributed by atoms with Gasteiger partial charge in [0.1, 0.15) is 0 Å². The summed E-state index contributed by atoms with van der Waals surface area (Å²) in [7, 11) is 1.99. The number of benzene rings is 3. The first-order valence-electron chi connectivity index (χ1n) is 11.9. The van der Waals surface area contributed by atoms with Gasteiger partial charge in [-0.1, -0.05) is 91.0 Å². The minimum atomic E-state index is -0.823. The summed E-state index contributed by atoms with van der Waals surface area (Å²) in [6.07, 6.45) is 2.93. The summed E-state index contributed by atoms with van der Waals surface area (Å²) in [4.78, 5) is 25.9. The SMILES string of the molecule is CNCCCc1ccccc1.O=C(O)C1CCN(C(=O)C(c2ccccc2)c2ccccc2)C1. The van der Waals surface area contributed by atoms with Gasteiger partial charge < -0.3 is 15.3 Å². The highest BCUT2D eigenvalue weighted by molar-refractivity contribution is 5.88. The monoisotopic (exact) mass is 458 g/mol. The fraction of sp³-hybridized carbons (Fsp3) is 0.310. The zero-order valence-corrected chi connectivity index (χ0v) is 19.8. The van der Waals surface area contributed by atoms with Crippen molar-refractivity contribution in [3.05, 3.63) is 108 Å². The van der Waals surface area contributed by atoms with Crippen molar-refractivity contribution in [2.75, 3.05) is 26.7 Å². The van der Waals surface area contributed by atoms with E-state index in [1.54, 1.807) is 4.90 Å². The zero-order chi connectivity index (χ0) is 24.2. The summed E-state index contributed by atoms with van der Waals surface area (Å²) < 4.78 is 0. The largest absolute Gasteiger partial charge is 0.481 e. The summed E-state index contributed by atoms with van der Waals surface area (Å²) in [6.45, 7) is 1.91. The van der Waals surface area contributed by atoms with Crippen LogP contribution in [0, 0.1) is 5.92 Å². The number of carboxylic acids is 1. The lowest BCUT2D eigenvalue weighted by atomic mass is 9.90. The summed E-state index contributed by atoms with van der Waals surface area (Å²) in [5, 5.41) is 12.3. The highest BCUT2D eigenvalue weighted by Gasteiger charge is 2.35. The van der Waals surface area contributed by atoms with Crippen molar-refractivity contribution >= 4 is 11.9 Å². The molecule has 0 aromatic heterocycles. The molecule has 1 heterocycles. The molecule has 1 aliphatic rings. The maximum Gasteiger partial charge on any atom is 0.308 e. The maximum atomic E-state index is 13.0. The van der Waals surface area contributed by atoms with Crippen molar-refractivity contribution in [2.45, 2.75) is 25.2 Å². The normalized spacial score (nSPS) is 15.0. The van der Waals surface area contributed by atoms with Crippen LogP contribution in [-0.4, -0.2) is 48.6 Å². The summed E-state index contributed by atoms with van der Waals surface area (Å²) in [5.74, 6) is -1.68. The van der Waals surface area contributed by atoms with E-state index in [1.165, 1.54) is 18.4 Å². The van der Waals surface area contributed by atoms with E-state index in [1.807, 2.05) is 67.7 Å². The molecule has 1 unspecified atom stereocenters. The van der Waals surface area contributed by atoms with E-state index in [2.05, 4.69) is 35.6 Å². The van der Waals surface area contributed by atoms with Crippen LogP contribution in [0.3, 0.4) is 0 Å². The van der Waals surface area contributed by atoms with Crippen LogP contribution in [0.1, 0.15) is 35.4 Å². The van der Waals surface area contributed by atoms with Gasteiger partial charge >= 0.3 is 5.97 Å². The fourth-order valence-corrected chi connectivity index (χ4v) is 4.23. The standard InChI is InChI=1S/C19H19NO3.C10H15N/c21-18(20-12-11-16(13-20)19(22)23)17(14-7-3-1-4-8-14)15-9-5-2-6-10-15;1-11-9-5-8-10-6-3-2-4-7-10/h1-10,16-17H,11-13H2,(H,22,23);2-4,6-7,11H,5,8-9H2,1H3. The Morgan fingerprint density at radius 1 is 0.912 bits per heavy atom. The Morgan fingerprint density at radius 3 is 1.91 bits per heavy atom. The van der Waals surface area contributed by atoms with Crippen LogP contribution in [-0.2, 0) is 16.0 Å². The molecule has 0 spiro atoms. The average molecular weight is 459 g/mol. The first-order chi connectivity index (χ1) is 16.6. The number of amides is 1. The van der Waals surface area contributed by atoms with E-state index in [9.17, 15) is 9.59 Å². The highest BCUT2D eigenvalue weighted by Crippen LogP contribution is 2.29. The van der Waals surface area contributed by atoms with Gasteiger partial charge in [-0.05, 0) is 49.5 Å². The predicted molar refractivity (Wildman–Crippen MR) is 136 cm³/mol. The van der Waals surface area contributed by atoms with Crippen LogP contribution in [0.4, 0.5) is 0 Å². The molecular weight excluding hydrogens is 424 g/mol. The first-order valence-corrected chi connectivity index (χ1v) is 11.9. The van der Waals surface area contributed by atoms with E-state index < -0.39 is 11.9 Å². The number of aryl methyl sites for hydroxylation is 1. The number of nitrogens with zero attached hydrogens (tertiary/aromatic N) is 1. The third-order valence-corrected chi connectivity index (χ3v) is 6.10. The Hall–Kier alpha value is -3.44. The van der Waals surface area contributed by atoms with Crippen LogP contribution in [0.15, 0.2) is 91.0 Å². The zero-order valence-electron chi connectivity index (χ0n) is 19.8. The predicted octanol–water partition coefficient (Wildman–Crippen LogP) is 4.59. The van der Waals surface area contributed by atoms with Gasteiger partial charge in [-0.25, -0.2) is 0 Å². The molecule has 4 rings (SSSR count). The topological polar surface area (TPSA) is 69.6 Å². The lowest BCUT2D eigenvalue weighted by Gasteiger charge is -2.24. The molecule has 1 fully saturated rings. The average Bonchev–Trinajstić information content (AvgIpc) is 3.38. The van der Waals surface area contributed by atoms with Crippen molar-refractivity contribution in [3.63, 3.8) is 0 Å². The van der Waals surface area contributed by atoms with E-state index in [0.717, 1.165) is 17.7 Å². The molecule has 5 nitrogen and oxygen atoms in total. The summed E-state index contributed by atoms with van der Waals surface area (Å²) in [6, 6.07) is 29.9. The van der Waals surface area contributed by atoms with Crippen LogP contribution >= 0.6 is 0 Å². The molecule has 3 aromatic rings. The van der Waals surface area contributed by atoms with Crippen LogP contribution in [0.5, 0.6) is 0 Å². The molecule has 1 amide bonds. The molecule has 1 saturated heterocycles. The van der Waals surface area contributed by atoms with Gasteiger partial charge in [0.25, 0.3) is 0 Å². The number of aliphatic carboxylic acids is 1. The first kappa shape index (κ1) is 25.2. The van der Waals surface area contributed by atoms with Crippen LogP contribution < -0.4 is 5.32 Å². The van der Waals surface area contributed by atoms with Gasteiger partial charge in [-0.15, -0.1) is 0 Å². The Kier molecular flexibility index (Phi) is 9.86. The van der Waals surface area contributed by atoms with Crippen molar-refractivity contribution in [1.29, 1.82) is 0 Å². The van der Waals surface area contributed by atoms with Gasteiger partial charge in [-0.3, -0.25) is 9.59 Å². The van der Waals surface area contributed by atoms with Gasteiger partial charge in [0.15, 0.2) is 0 Å². The molecule has 5 heteroatoms. The summed E-state index contributed by atoms with van der Waals surface area (Å²) >= 11 is 0. The Balaban J connectivity index is 0.000000248. The quantitative estimate of drug-likeness (QED) is 0.485. The number of carboxylic acid groups (broad SMARTS) is 1. The van der Waals surface area contributed by atoms with Crippen LogP contribution in [0.25, 0.3) is 0 Å². The molecule has 0 radical (unpaired) electrons. The molecule has 178 valence electrons. The third-order valence-electron chi connectivity index (χ3n) is 6.10. The lowest BCUT2D eigenvalue weighted by molar-refractivity contribution is -0.141. The Labute approximate surface area is 202 Å². The second-order valence-electron chi connectivity index (χ2n) is 8.56. The highest BCUT2D eigenvalue weighted by atomic mass is 16.4. The van der Waals surface area contributed by atoms with E-state index in [4.69, 9.17) is 5.11 Å². The van der Waals surface area contributed by atoms with Crippen molar-refractivity contribution < 1.29 is 14.7 Å². The van der Waals surface area contributed by atoms with Crippen molar-refractivity contribution in [2.24, 2.45) is 5.92 Å². The summed E-state index contributed by atoms with van der Waals surface area (Å²) in [5.41, 5.74) is 3.30. The number of likely N-dealkylation sites (tertiary alicyclic amines) is 1. The molecule has 0 saturated carbocycles. The Bertz CT molecular complexity index is 970. The van der Waals surface area contributed by atoms with E-state index in [-0.39, 0.29) is 11.8 Å². The second kappa shape index (κ2) is 13.3. The van der Waals surface area contributed by atoms with Crippen molar-refractivity contribution in [3.8, 4) is 0 Å². The maximum absolute atomic E-state index is 13.0. The number of hydrogen-bond acceptors (Lipinski definition) is 3. The van der Waals surface area contributed by atoms with Gasteiger partial charge in [0, 0.05) is 13.1 Å². The molecular formula is C29H34N2O3. The molecule has 1 aliphatic heterocycles. The van der Waals surface area contributed by atoms with Crippen molar-refractivity contribution in [1.82, 2.24) is 10.2 Å². The van der Waals surface area contributed by atoms with Gasteiger partial charge in [0.05, 0.1) is 11.8 Å². The number of nitrogens with one attached hydrogen (secondary N) is 1.